The van der Waals surface area contributed by atoms with E-state index in [0.717, 1.165) is 19.3 Å². The molecule has 14 heavy (non-hydrogen) atoms. The highest BCUT2D eigenvalue weighted by molar-refractivity contribution is 5.82. The van der Waals surface area contributed by atoms with Crippen LogP contribution in [0.1, 0.15) is 47.0 Å². The van der Waals surface area contributed by atoms with Gasteiger partial charge in [0.15, 0.2) is 0 Å². The average molecular weight is 200 g/mol. The second-order valence-electron chi connectivity index (χ2n) is 3.84. The molecule has 0 aliphatic carbocycles. The van der Waals surface area contributed by atoms with E-state index in [0.29, 0.717) is 0 Å². The van der Waals surface area contributed by atoms with Crippen LogP contribution in [0.2, 0.25) is 0 Å². The molecule has 2 N–H and O–H groups in total. The number of carbonyl (C=O) groups excluding carboxylic acids is 1. The molecule has 0 bridgehead atoms. The molecule has 3 heteroatoms. The molecule has 0 spiro atoms. The maximum atomic E-state index is 11.7. The van der Waals surface area contributed by atoms with Crippen LogP contribution in [0.4, 0.5) is 0 Å². The van der Waals surface area contributed by atoms with E-state index in [1.165, 1.54) is 0 Å². The molecular weight excluding hydrogens is 176 g/mol. The minimum absolute atomic E-state index is 0.0117. The summed E-state index contributed by atoms with van der Waals surface area (Å²) in [5.74, 6) is 0.0954. The highest BCUT2D eigenvalue weighted by Gasteiger charge is 2.27. The lowest BCUT2D eigenvalue weighted by molar-refractivity contribution is -0.124. The molecule has 0 heterocycles. The van der Waals surface area contributed by atoms with Gasteiger partial charge in [-0.05, 0) is 33.2 Å². The third-order valence-corrected chi connectivity index (χ3v) is 3.24. The lowest BCUT2D eigenvalue weighted by Crippen LogP contribution is -2.52. The topological polar surface area (TPSA) is 41.1 Å². The van der Waals surface area contributed by atoms with Gasteiger partial charge in [-0.3, -0.25) is 4.79 Å². The average Bonchev–Trinajstić information content (AvgIpc) is 2.24. The smallest absolute Gasteiger partial charge is 0.237 e. The third-order valence-electron chi connectivity index (χ3n) is 3.24. The Morgan fingerprint density at radius 3 is 1.93 bits per heavy atom. The quantitative estimate of drug-likeness (QED) is 0.685. The van der Waals surface area contributed by atoms with Crippen molar-refractivity contribution in [3.8, 4) is 0 Å². The highest BCUT2D eigenvalue weighted by Crippen LogP contribution is 2.19. The summed E-state index contributed by atoms with van der Waals surface area (Å²) in [5, 5.41) is 6.08. The number of rotatable bonds is 6. The summed E-state index contributed by atoms with van der Waals surface area (Å²) in [4.78, 5) is 11.7. The molecule has 1 amide bonds. The van der Waals surface area contributed by atoms with Gasteiger partial charge in [0.2, 0.25) is 5.91 Å². The van der Waals surface area contributed by atoms with Gasteiger partial charge in [-0.15, -0.1) is 0 Å². The van der Waals surface area contributed by atoms with Crippen molar-refractivity contribution in [1.82, 2.24) is 10.6 Å². The molecule has 0 saturated carbocycles. The van der Waals surface area contributed by atoms with Crippen LogP contribution in [0.5, 0.6) is 0 Å². The van der Waals surface area contributed by atoms with E-state index in [2.05, 4.69) is 31.4 Å². The molecule has 0 rings (SSSR count). The Morgan fingerprint density at radius 2 is 1.64 bits per heavy atom. The van der Waals surface area contributed by atoms with Crippen LogP contribution in [0.3, 0.4) is 0 Å². The van der Waals surface area contributed by atoms with E-state index in [1.807, 2.05) is 6.92 Å². The largest absolute Gasteiger partial charge is 0.349 e. The zero-order valence-corrected chi connectivity index (χ0v) is 10.1. The van der Waals surface area contributed by atoms with Gasteiger partial charge in [-0.1, -0.05) is 20.8 Å². The fourth-order valence-electron chi connectivity index (χ4n) is 1.52. The van der Waals surface area contributed by atoms with Gasteiger partial charge in [0.25, 0.3) is 0 Å². The van der Waals surface area contributed by atoms with Crippen LogP contribution >= 0.6 is 0 Å². The predicted molar refractivity (Wildman–Crippen MR) is 60.3 cm³/mol. The SMILES string of the molecule is CCC(CC)(CC)NC(=O)C(C)NC. The number of hydrogen-bond donors (Lipinski definition) is 2. The first kappa shape index (κ1) is 13.4. The third kappa shape index (κ3) is 3.29. The number of likely N-dealkylation sites (N-methyl/N-ethyl adjacent to an activating group) is 1. The predicted octanol–water partition coefficient (Wildman–Crippen LogP) is 1.68. The molecule has 0 radical (unpaired) electrons. The van der Waals surface area contributed by atoms with E-state index in [9.17, 15) is 4.79 Å². The molecular formula is C11H24N2O. The van der Waals surface area contributed by atoms with Crippen molar-refractivity contribution in [2.45, 2.75) is 58.5 Å². The van der Waals surface area contributed by atoms with Crippen LogP contribution in [0.25, 0.3) is 0 Å². The standard InChI is InChI=1S/C11H24N2O/c1-6-11(7-2,8-3)13-10(14)9(4)12-5/h9,12H,6-8H2,1-5H3,(H,13,14). The normalized spacial score (nSPS) is 13.8. The van der Waals surface area contributed by atoms with Crippen molar-refractivity contribution in [1.29, 1.82) is 0 Å². The first-order valence-corrected chi connectivity index (χ1v) is 5.54. The van der Waals surface area contributed by atoms with Gasteiger partial charge in [0.1, 0.15) is 0 Å². The van der Waals surface area contributed by atoms with Crippen LogP contribution in [-0.2, 0) is 4.79 Å². The van der Waals surface area contributed by atoms with Crippen molar-refractivity contribution < 1.29 is 4.79 Å². The molecule has 84 valence electrons. The van der Waals surface area contributed by atoms with Gasteiger partial charge >= 0.3 is 0 Å². The van der Waals surface area contributed by atoms with E-state index >= 15 is 0 Å². The molecule has 0 aromatic rings. The number of amides is 1. The monoisotopic (exact) mass is 200 g/mol. The Bertz CT molecular complexity index is 168. The van der Waals surface area contributed by atoms with Crippen molar-refractivity contribution in [2.75, 3.05) is 7.05 Å². The first-order chi connectivity index (χ1) is 6.55. The maximum Gasteiger partial charge on any atom is 0.237 e. The van der Waals surface area contributed by atoms with Gasteiger partial charge < -0.3 is 10.6 Å². The molecule has 0 saturated heterocycles. The molecule has 0 aliphatic rings. The molecule has 0 fully saturated rings. The van der Waals surface area contributed by atoms with E-state index in [-0.39, 0.29) is 17.5 Å². The van der Waals surface area contributed by atoms with Gasteiger partial charge in [0, 0.05) is 5.54 Å². The highest BCUT2D eigenvalue weighted by atomic mass is 16.2. The summed E-state index contributed by atoms with van der Waals surface area (Å²) >= 11 is 0. The zero-order chi connectivity index (χ0) is 11.2. The summed E-state index contributed by atoms with van der Waals surface area (Å²) in [7, 11) is 1.80. The summed E-state index contributed by atoms with van der Waals surface area (Å²) in [6, 6.07) is -0.112. The first-order valence-electron chi connectivity index (χ1n) is 5.54. The Morgan fingerprint density at radius 1 is 1.21 bits per heavy atom. The van der Waals surface area contributed by atoms with E-state index in [4.69, 9.17) is 0 Å². The van der Waals surface area contributed by atoms with Crippen molar-refractivity contribution >= 4 is 5.91 Å². The van der Waals surface area contributed by atoms with Gasteiger partial charge in [0.05, 0.1) is 6.04 Å². The summed E-state index contributed by atoms with van der Waals surface area (Å²) in [6.07, 6.45) is 2.96. The van der Waals surface area contributed by atoms with Crippen molar-refractivity contribution in [3.05, 3.63) is 0 Å². The van der Waals surface area contributed by atoms with Gasteiger partial charge in [-0.2, -0.15) is 0 Å². The lowest BCUT2D eigenvalue weighted by atomic mass is 9.89. The fourth-order valence-corrected chi connectivity index (χ4v) is 1.52. The molecule has 1 atom stereocenters. The second kappa shape index (κ2) is 6.02. The number of carbonyl (C=O) groups is 1. The Labute approximate surface area is 87.6 Å². The molecule has 1 unspecified atom stereocenters. The minimum Gasteiger partial charge on any atom is -0.349 e. The molecule has 3 nitrogen and oxygen atoms in total. The fraction of sp³-hybridized carbons (Fsp3) is 0.909. The van der Waals surface area contributed by atoms with Crippen LogP contribution < -0.4 is 10.6 Å². The Hall–Kier alpha value is -0.570. The van der Waals surface area contributed by atoms with Crippen LogP contribution in [0.15, 0.2) is 0 Å². The van der Waals surface area contributed by atoms with Gasteiger partial charge in [-0.25, -0.2) is 0 Å². The Kier molecular flexibility index (Phi) is 5.77. The number of nitrogens with one attached hydrogen (secondary N) is 2. The van der Waals surface area contributed by atoms with E-state index < -0.39 is 0 Å². The second-order valence-corrected chi connectivity index (χ2v) is 3.84. The summed E-state index contributed by atoms with van der Waals surface area (Å²) in [6.45, 7) is 8.24. The van der Waals surface area contributed by atoms with Crippen molar-refractivity contribution in [2.24, 2.45) is 0 Å². The summed E-state index contributed by atoms with van der Waals surface area (Å²) < 4.78 is 0. The molecule has 0 aromatic carbocycles. The number of hydrogen-bond acceptors (Lipinski definition) is 2. The zero-order valence-electron chi connectivity index (χ0n) is 10.1. The summed E-state index contributed by atoms with van der Waals surface area (Å²) in [5.41, 5.74) is -0.0117. The van der Waals surface area contributed by atoms with Crippen LogP contribution in [0, 0.1) is 0 Å². The molecule has 0 aromatic heterocycles. The van der Waals surface area contributed by atoms with Crippen molar-refractivity contribution in [3.63, 3.8) is 0 Å². The minimum atomic E-state index is -0.112. The maximum absolute atomic E-state index is 11.7. The Balaban J connectivity index is 4.37. The lowest BCUT2D eigenvalue weighted by Gasteiger charge is -2.32. The molecule has 0 aliphatic heterocycles. The van der Waals surface area contributed by atoms with Crippen LogP contribution in [-0.4, -0.2) is 24.5 Å². The van der Waals surface area contributed by atoms with E-state index in [1.54, 1.807) is 7.05 Å².